The number of hydrogen-bond donors (Lipinski definition) is 1. The highest BCUT2D eigenvalue weighted by molar-refractivity contribution is 5.81. The predicted octanol–water partition coefficient (Wildman–Crippen LogP) is 3.91. The van der Waals surface area contributed by atoms with Crippen LogP contribution in [-0.4, -0.2) is 0 Å². The van der Waals surface area contributed by atoms with Crippen LogP contribution in [0.3, 0.4) is 0 Å². The molecule has 2 N–H and O–H groups in total. The van der Waals surface area contributed by atoms with Crippen LogP contribution in [-0.2, 0) is 0 Å². The average molecular weight is 295 g/mol. The van der Waals surface area contributed by atoms with Gasteiger partial charge in [-0.15, -0.1) is 0 Å². The van der Waals surface area contributed by atoms with Crippen LogP contribution in [0.4, 0.5) is 0 Å². The molecule has 1 atom stereocenters. The monoisotopic (exact) mass is 295 g/mol. The van der Waals surface area contributed by atoms with E-state index in [0.717, 1.165) is 16.5 Å². The van der Waals surface area contributed by atoms with Crippen LogP contribution in [0.5, 0.6) is 11.5 Å². The van der Waals surface area contributed by atoms with Crippen molar-refractivity contribution in [3.63, 3.8) is 0 Å². The molecule has 3 aromatic rings. The van der Waals surface area contributed by atoms with E-state index < -0.39 is 0 Å². The van der Waals surface area contributed by atoms with Gasteiger partial charge in [0.1, 0.15) is 17.1 Å². The maximum atomic E-state index is 11.5. The molecule has 0 radical (unpaired) electrons. The van der Waals surface area contributed by atoms with E-state index in [0.29, 0.717) is 17.1 Å². The SMILES string of the molecule is Cc1cc(=O)oc2cc(Oc3ccc(C(C)N)cc3)ccc12. The van der Waals surface area contributed by atoms with Crippen LogP contribution < -0.4 is 16.1 Å². The number of benzene rings is 2. The summed E-state index contributed by atoms with van der Waals surface area (Å²) in [7, 11) is 0. The van der Waals surface area contributed by atoms with Crippen molar-refractivity contribution in [3.05, 3.63) is 70.1 Å². The Balaban J connectivity index is 1.92. The molecule has 4 nitrogen and oxygen atoms in total. The van der Waals surface area contributed by atoms with E-state index in [1.165, 1.54) is 6.07 Å². The van der Waals surface area contributed by atoms with Gasteiger partial charge in [0.15, 0.2) is 0 Å². The lowest BCUT2D eigenvalue weighted by molar-refractivity contribution is 0.480. The molecule has 0 fully saturated rings. The molecule has 0 aliphatic carbocycles. The standard InChI is InChI=1S/C18H17NO3/c1-11-9-18(20)22-17-10-15(7-8-16(11)17)21-14-5-3-13(4-6-14)12(2)19/h3-10,12H,19H2,1-2H3. The zero-order valence-electron chi connectivity index (χ0n) is 12.5. The number of hydrogen-bond acceptors (Lipinski definition) is 4. The van der Waals surface area contributed by atoms with Gasteiger partial charge in [-0.1, -0.05) is 12.1 Å². The van der Waals surface area contributed by atoms with Gasteiger partial charge in [0.25, 0.3) is 0 Å². The number of aryl methyl sites for hydroxylation is 1. The fourth-order valence-electron chi connectivity index (χ4n) is 2.34. The third kappa shape index (κ3) is 2.87. The summed E-state index contributed by atoms with van der Waals surface area (Å²) in [6, 6.07) is 14.6. The molecule has 22 heavy (non-hydrogen) atoms. The minimum Gasteiger partial charge on any atom is -0.457 e. The Morgan fingerprint density at radius 3 is 2.41 bits per heavy atom. The summed E-state index contributed by atoms with van der Waals surface area (Å²) in [5.74, 6) is 1.33. The van der Waals surface area contributed by atoms with Gasteiger partial charge in [0.05, 0.1) is 0 Å². The Labute approximate surface area is 128 Å². The Hall–Kier alpha value is -2.59. The minimum atomic E-state index is -0.358. The third-order valence-electron chi connectivity index (χ3n) is 3.56. The van der Waals surface area contributed by atoms with Crippen molar-refractivity contribution < 1.29 is 9.15 Å². The van der Waals surface area contributed by atoms with E-state index in [9.17, 15) is 4.79 Å². The highest BCUT2D eigenvalue weighted by atomic mass is 16.5. The van der Waals surface area contributed by atoms with Gasteiger partial charge in [-0.3, -0.25) is 0 Å². The van der Waals surface area contributed by atoms with Crippen LogP contribution >= 0.6 is 0 Å². The second-order valence-corrected chi connectivity index (χ2v) is 5.37. The molecule has 0 aliphatic heterocycles. The van der Waals surface area contributed by atoms with Crippen molar-refractivity contribution in [2.24, 2.45) is 5.73 Å². The van der Waals surface area contributed by atoms with Crippen LogP contribution in [0, 0.1) is 6.92 Å². The Morgan fingerprint density at radius 2 is 1.73 bits per heavy atom. The summed E-state index contributed by atoms with van der Waals surface area (Å²) >= 11 is 0. The second-order valence-electron chi connectivity index (χ2n) is 5.37. The lowest BCUT2D eigenvalue weighted by Crippen LogP contribution is -2.04. The highest BCUT2D eigenvalue weighted by Crippen LogP contribution is 2.27. The maximum Gasteiger partial charge on any atom is 0.336 e. The average Bonchev–Trinajstić information content (AvgIpc) is 2.47. The van der Waals surface area contributed by atoms with E-state index in [4.69, 9.17) is 14.9 Å². The van der Waals surface area contributed by atoms with Crippen molar-refractivity contribution in [2.75, 3.05) is 0 Å². The molecule has 1 heterocycles. The summed E-state index contributed by atoms with van der Waals surface area (Å²) in [5.41, 5.74) is 7.93. The fourth-order valence-corrected chi connectivity index (χ4v) is 2.34. The van der Waals surface area contributed by atoms with Crippen LogP contribution in [0.25, 0.3) is 11.0 Å². The van der Waals surface area contributed by atoms with Gasteiger partial charge >= 0.3 is 5.63 Å². The minimum absolute atomic E-state index is 0.00744. The van der Waals surface area contributed by atoms with E-state index in [1.807, 2.05) is 50.2 Å². The van der Waals surface area contributed by atoms with Crippen molar-refractivity contribution in [3.8, 4) is 11.5 Å². The van der Waals surface area contributed by atoms with E-state index in [1.54, 1.807) is 6.07 Å². The first-order chi connectivity index (χ1) is 10.5. The van der Waals surface area contributed by atoms with Gasteiger partial charge in [0.2, 0.25) is 0 Å². The zero-order valence-corrected chi connectivity index (χ0v) is 12.5. The Bertz CT molecular complexity index is 864. The van der Waals surface area contributed by atoms with Crippen molar-refractivity contribution >= 4 is 11.0 Å². The molecule has 112 valence electrons. The van der Waals surface area contributed by atoms with E-state index in [-0.39, 0.29) is 11.7 Å². The first kappa shape index (κ1) is 14.4. The third-order valence-corrected chi connectivity index (χ3v) is 3.56. The molecule has 0 bridgehead atoms. The normalized spacial score (nSPS) is 12.3. The van der Waals surface area contributed by atoms with Crippen LogP contribution in [0.1, 0.15) is 24.1 Å². The zero-order chi connectivity index (χ0) is 15.7. The van der Waals surface area contributed by atoms with Crippen molar-refractivity contribution in [2.45, 2.75) is 19.9 Å². The topological polar surface area (TPSA) is 65.5 Å². The lowest BCUT2D eigenvalue weighted by atomic mass is 10.1. The maximum absolute atomic E-state index is 11.5. The second kappa shape index (κ2) is 5.66. The largest absolute Gasteiger partial charge is 0.457 e. The van der Waals surface area contributed by atoms with Gasteiger partial charge in [0, 0.05) is 23.6 Å². The number of ether oxygens (including phenoxy) is 1. The predicted molar refractivity (Wildman–Crippen MR) is 86.3 cm³/mol. The van der Waals surface area contributed by atoms with Crippen molar-refractivity contribution in [1.82, 2.24) is 0 Å². The molecule has 2 aromatic carbocycles. The summed E-state index contributed by atoms with van der Waals surface area (Å²) in [6.45, 7) is 3.82. The summed E-state index contributed by atoms with van der Waals surface area (Å²) in [5, 5.41) is 0.902. The molecular formula is C18H17NO3. The molecular weight excluding hydrogens is 278 g/mol. The van der Waals surface area contributed by atoms with Crippen molar-refractivity contribution in [1.29, 1.82) is 0 Å². The summed E-state index contributed by atoms with van der Waals surface area (Å²) in [6.07, 6.45) is 0. The van der Waals surface area contributed by atoms with Gasteiger partial charge in [-0.05, 0) is 49.2 Å². The highest BCUT2D eigenvalue weighted by Gasteiger charge is 2.05. The van der Waals surface area contributed by atoms with E-state index >= 15 is 0 Å². The first-order valence-electron chi connectivity index (χ1n) is 7.11. The number of fused-ring (bicyclic) bond motifs is 1. The smallest absolute Gasteiger partial charge is 0.336 e. The lowest BCUT2D eigenvalue weighted by Gasteiger charge is -2.09. The van der Waals surface area contributed by atoms with Gasteiger partial charge in [-0.25, -0.2) is 4.79 Å². The summed E-state index contributed by atoms with van der Waals surface area (Å²) < 4.78 is 11.0. The summed E-state index contributed by atoms with van der Waals surface area (Å²) in [4.78, 5) is 11.5. The quantitative estimate of drug-likeness (QED) is 0.744. The molecule has 1 aromatic heterocycles. The number of rotatable bonds is 3. The molecule has 3 rings (SSSR count). The van der Waals surface area contributed by atoms with Gasteiger partial charge < -0.3 is 14.9 Å². The molecule has 4 heteroatoms. The Kier molecular flexibility index (Phi) is 3.69. The first-order valence-corrected chi connectivity index (χ1v) is 7.11. The molecule has 0 aliphatic rings. The van der Waals surface area contributed by atoms with Crippen LogP contribution in [0.2, 0.25) is 0 Å². The molecule has 0 amide bonds. The molecule has 0 spiro atoms. The molecule has 0 saturated heterocycles. The molecule has 1 unspecified atom stereocenters. The van der Waals surface area contributed by atoms with Crippen LogP contribution in [0.15, 0.2) is 57.7 Å². The number of nitrogens with two attached hydrogens (primary N) is 1. The Morgan fingerprint density at radius 1 is 1.05 bits per heavy atom. The molecule has 0 saturated carbocycles. The fraction of sp³-hybridized carbons (Fsp3) is 0.167. The van der Waals surface area contributed by atoms with Gasteiger partial charge in [-0.2, -0.15) is 0 Å². The van der Waals surface area contributed by atoms with E-state index in [2.05, 4.69) is 0 Å².